The second-order valence-corrected chi connectivity index (χ2v) is 8.69. The molecule has 1 atom stereocenters. The summed E-state index contributed by atoms with van der Waals surface area (Å²) >= 11 is 0. The predicted octanol–water partition coefficient (Wildman–Crippen LogP) is 0.490. The molecule has 2 aromatic heterocycles. The van der Waals surface area contributed by atoms with Gasteiger partial charge in [0.05, 0.1) is 12.4 Å². The number of nitrogens with one attached hydrogen (secondary N) is 1. The fourth-order valence-corrected chi connectivity index (χ4v) is 4.48. The van der Waals surface area contributed by atoms with Crippen LogP contribution in [0.25, 0.3) is 5.65 Å². The average Bonchev–Trinajstić information content (AvgIpc) is 3.55. The number of imide groups is 1. The third-order valence-electron chi connectivity index (χ3n) is 6.51. The van der Waals surface area contributed by atoms with Gasteiger partial charge >= 0.3 is 6.03 Å². The normalized spacial score (nSPS) is 25.8. The summed E-state index contributed by atoms with van der Waals surface area (Å²) in [6.45, 7) is 5.88. The van der Waals surface area contributed by atoms with Crippen molar-refractivity contribution in [3.8, 4) is 0 Å². The molecule has 2 saturated heterocycles. The monoisotopic (exact) mass is 410 g/mol. The highest BCUT2D eigenvalue weighted by Crippen LogP contribution is 2.42. The van der Waals surface area contributed by atoms with Crippen LogP contribution >= 0.6 is 0 Å². The minimum Gasteiger partial charge on any atom is -0.323 e. The molecule has 1 N–H and O–H groups in total. The summed E-state index contributed by atoms with van der Waals surface area (Å²) in [5.74, 6) is 0.174. The van der Waals surface area contributed by atoms with Gasteiger partial charge in [0.25, 0.3) is 11.5 Å². The SMILES string of the molecule is C[C@@]1(C2CC2)NC(=O)N(CN2CCN(Cc3cc(=O)n4ccccc4n3)CC2)C1=O. The number of pyridine rings is 1. The molecule has 5 rings (SSSR count). The van der Waals surface area contributed by atoms with Gasteiger partial charge < -0.3 is 5.32 Å². The van der Waals surface area contributed by atoms with Crippen LogP contribution in [0.1, 0.15) is 25.5 Å². The molecule has 2 aromatic rings. The molecule has 3 amide bonds. The lowest BCUT2D eigenvalue weighted by Crippen LogP contribution is -2.51. The fraction of sp³-hybridized carbons (Fsp3) is 0.524. The number of rotatable bonds is 5. The minimum absolute atomic E-state index is 0.0773. The smallest absolute Gasteiger partial charge is 0.323 e. The van der Waals surface area contributed by atoms with Gasteiger partial charge in [-0.2, -0.15) is 0 Å². The van der Waals surface area contributed by atoms with Crippen LogP contribution in [-0.4, -0.2) is 74.4 Å². The van der Waals surface area contributed by atoms with Crippen molar-refractivity contribution in [3.63, 3.8) is 0 Å². The van der Waals surface area contributed by atoms with E-state index < -0.39 is 5.54 Å². The summed E-state index contributed by atoms with van der Waals surface area (Å²) in [6, 6.07) is 6.82. The van der Waals surface area contributed by atoms with Crippen LogP contribution in [0.3, 0.4) is 0 Å². The van der Waals surface area contributed by atoms with Gasteiger partial charge in [-0.05, 0) is 37.8 Å². The Morgan fingerprint density at radius 2 is 1.83 bits per heavy atom. The number of fused-ring (bicyclic) bond motifs is 1. The number of hydrogen-bond donors (Lipinski definition) is 1. The Balaban J connectivity index is 1.19. The summed E-state index contributed by atoms with van der Waals surface area (Å²) in [7, 11) is 0. The van der Waals surface area contributed by atoms with E-state index in [9.17, 15) is 14.4 Å². The van der Waals surface area contributed by atoms with Crippen LogP contribution in [0.4, 0.5) is 4.79 Å². The molecule has 158 valence electrons. The molecular weight excluding hydrogens is 384 g/mol. The van der Waals surface area contributed by atoms with Crippen LogP contribution in [0, 0.1) is 5.92 Å². The van der Waals surface area contributed by atoms with E-state index in [4.69, 9.17) is 0 Å². The second-order valence-electron chi connectivity index (χ2n) is 8.69. The molecule has 9 heteroatoms. The van der Waals surface area contributed by atoms with Crippen LogP contribution in [0.5, 0.6) is 0 Å². The van der Waals surface area contributed by atoms with Crippen LogP contribution in [0.2, 0.25) is 0 Å². The summed E-state index contributed by atoms with van der Waals surface area (Å²) in [5.41, 5.74) is 0.602. The highest BCUT2D eigenvalue weighted by molar-refractivity contribution is 6.07. The summed E-state index contributed by atoms with van der Waals surface area (Å²) < 4.78 is 1.54. The van der Waals surface area contributed by atoms with Crippen LogP contribution in [0.15, 0.2) is 35.3 Å². The topological polar surface area (TPSA) is 90.3 Å². The number of urea groups is 1. The van der Waals surface area contributed by atoms with Crippen molar-refractivity contribution in [3.05, 3.63) is 46.5 Å². The maximum atomic E-state index is 12.8. The lowest BCUT2D eigenvalue weighted by atomic mass is 9.96. The van der Waals surface area contributed by atoms with E-state index in [0.717, 1.165) is 44.7 Å². The molecule has 0 radical (unpaired) electrons. The average molecular weight is 410 g/mol. The first-order valence-corrected chi connectivity index (χ1v) is 10.5. The largest absolute Gasteiger partial charge is 0.326 e. The highest BCUT2D eigenvalue weighted by atomic mass is 16.2. The number of hydrogen-bond acceptors (Lipinski definition) is 6. The number of amides is 3. The summed E-state index contributed by atoms with van der Waals surface area (Å²) in [5, 5.41) is 2.90. The van der Waals surface area contributed by atoms with Crippen molar-refractivity contribution in [2.24, 2.45) is 5.92 Å². The van der Waals surface area contributed by atoms with Gasteiger partial charge in [-0.25, -0.2) is 14.7 Å². The maximum absolute atomic E-state index is 12.8. The van der Waals surface area contributed by atoms with E-state index in [0.29, 0.717) is 18.9 Å². The molecule has 0 spiro atoms. The van der Waals surface area contributed by atoms with Crippen LogP contribution in [-0.2, 0) is 11.3 Å². The number of piperazine rings is 1. The molecule has 30 heavy (non-hydrogen) atoms. The highest BCUT2D eigenvalue weighted by Gasteiger charge is 2.56. The summed E-state index contributed by atoms with van der Waals surface area (Å²) in [4.78, 5) is 47.8. The van der Waals surface area contributed by atoms with E-state index >= 15 is 0 Å². The fourth-order valence-electron chi connectivity index (χ4n) is 4.48. The second kappa shape index (κ2) is 7.17. The quantitative estimate of drug-likeness (QED) is 0.722. The Bertz CT molecular complexity index is 1060. The standard InChI is InChI=1S/C21H26N6O3/c1-21(15-5-6-15)19(29)27(20(30)23-21)14-25-10-8-24(9-11-25)13-16-12-18(28)26-7-3-2-4-17(26)22-16/h2-4,7,12,15H,5-6,8-11,13-14H2,1H3,(H,23,30)/t21-/m0/s1. The molecule has 3 aliphatic rings. The van der Waals surface area contributed by atoms with Crippen molar-refractivity contribution >= 4 is 17.6 Å². The van der Waals surface area contributed by atoms with Gasteiger partial charge in [0.15, 0.2) is 0 Å². The molecule has 0 bridgehead atoms. The molecule has 3 fully saturated rings. The lowest BCUT2D eigenvalue weighted by Gasteiger charge is -2.35. The zero-order valence-corrected chi connectivity index (χ0v) is 17.1. The Kier molecular flexibility index (Phi) is 4.59. The molecule has 0 unspecified atom stereocenters. The molecule has 1 aliphatic carbocycles. The van der Waals surface area contributed by atoms with Crippen molar-refractivity contribution in [2.75, 3.05) is 32.8 Å². The van der Waals surface area contributed by atoms with Gasteiger partial charge in [0.2, 0.25) is 0 Å². The van der Waals surface area contributed by atoms with Gasteiger partial charge in [0.1, 0.15) is 11.2 Å². The van der Waals surface area contributed by atoms with Crippen molar-refractivity contribution in [1.29, 1.82) is 0 Å². The zero-order valence-electron chi connectivity index (χ0n) is 17.1. The third-order valence-corrected chi connectivity index (χ3v) is 6.51. The molecule has 1 saturated carbocycles. The van der Waals surface area contributed by atoms with E-state index in [1.54, 1.807) is 12.3 Å². The number of aromatic nitrogens is 2. The Morgan fingerprint density at radius 1 is 1.10 bits per heavy atom. The third kappa shape index (κ3) is 3.37. The first-order valence-electron chi connectivity index (χ1n) is 10.5. The van der Waals surface area contributed by atoms with E-state index in [-0.39, 0.29) is 23.4 Å². The molecule has 0 aromatic carbocycles. The first-order chi connectivity index (χ1) is 14.4. The molecule has 2 aliphatic heterocycles. The van der Waals surface area contributed by atoms with Crippen molar-refractivity contribution in [1.82, 2.24) is 29.4 Å². The Labute approximate surface area is 174 Å². The zero-order chi connectivity index (χ0) is 20.9. The van der Waals surface area contributed by atoms with Gasteiger partial charge in [-0.15, -0.1) is 0 Å². The van der Waals surface area contributed by atoms with Gasteiger partial charge in [-0.3, -0.25) is 23.8 Å². The Hall–Kier alpha value is -2.78. The predicted molar refractivity (Wildman–Crippen MR) is 110 cm³/mol. The van der Waals surface area contributed by atoms with E-state index in [2.05, 4.69) is 20.1 Å². The summed E-state index contributed by atoms with van der Waals surface area (Å²) in [6.07, 6.45) is 3.72. The molecule has 4 heterocycles. The van der Waals surface area contributed by atoms with Gasteiger partial charge in [-0.1, -0.05) is 6.07 Å². The van der Waals surface area contributed by atoms with Gasteiger partial charge in [0, 0.05) is 45.0 Å². The molecular formula is C21H26N6O3. The van der Waals surface area contributed by atoms with Crippen molar-refractivity contribution in [2.45, 2.75) is 31.8 Å². The first kappa shape index (κ1) is 19.2. The number of carbonyl (C=O) groups excluding carboxylic acids is 2. The Morgan fingerprint density at radius 3 is 2.57 bits per heavy atom. The number of nitrogens with zero attached hydrogens (tertiary/aromatic N) is 5. The van der Waals surface area contributed by atoms with E-state index in [1.807, 2.05) is 25.1 Å². The molecule has 9 nitrogen and oxygen atoms in total. The van der Waals surface area contributed by atoms with Crippen molar-refractivity contribution < 1.29 is 9.59 Å². The minimum atomic E-state index is -0.727. The number of carbonyl (C=O) groups is 2. The lowest BCUT2D eigenvalue weighted by molar-refractivity contribution is -0.133. The van der Waals surface area contributed by atoms with Crippen LogP contribution < -0.4 is 10.9 Å². The van der Waals surface area contributed by atoms with E-state index in [1.165, 1.54) is 9.30 Å². The maximum Gasteiger partial charge on any atom is 0.326 e.